The minimum atomic E-state index is 0.0350. The van der Waals surface area contributed by atoms with Crippen LogP contribution in [0.2, 0.25) is 5.02 Å². The topological polar surface area (TPSA) is 58.1 Å². The molecule has 1 aliphatic rings. The first-order valence-electron chi connectivity index (χ1n) is 8.14. The number of halogens is 1. The number of carbonyl (C=O) groups is 1. The minimum absolute atomic E-state index is 0.0350. The third-order valence-electron chi connectivity index (χ3n) is 4.31. The third kappa shape index (κ3) is 3.25. The summed E-state index contributed by atoms with van der Waals surface area (Å²) in [5, 5.41) is 7.52. The van der Waals surface area contributed by atoms with Crippen molar-refractivity contribution in [2.24, 2.45) is 0 Å². The lowest BCUT2D eigenvalue weighted by molar-refractivity contribution is 0.0709. The van der Waals surface area contributed by atoms with Crippen LogP contribution in [0.5, 0.6) is 0 Å². The molecule has 1 atom stereocenters. The van der Waals surface area contributed by atoms with Crippen molar-refractivity contribution in [3.8, 4) is 10.7 Å². The van der Waals surface area contributed by atoms with Crippen LogP contribution in [-0.4, -0.2) is 46.5 Å². The molecule has 7 heteroatoms. The molecule has 0 saturated carbocycles. The van der Waals surface area contributed by atoms with E-state index in [-0.39, 0.29) is 5.91 Å². The number of pyridine rings is 1. The Morgan fingerprint density at radius 2 is 2.28 bits per heavy atom. The maximum Gasteiger partial charge on any atom is 0.254 e. The molecule has 1 saturated heterocycles. The van der Waals surface area contributed by atoms with Crippen LogP contribution in [0.1, 0.15) is 17.3 Å². The lowest BCUT2D eigenvalue weighted by Crippen LogP contribution is -2.51. The summed E-state index contributed by atoms with van der Waals surface area (Å²) in [7, 11) is 0. The van der Waals surface area contributed by atoms with Gasteiger partial charge >= 0.3 is 0 Å². The number of nitrogens with zero attached hydrogens (tertiary/aromatic N) is 3. The van der Waals surface area contributed by atoms with Gasteiger partial charge in [0.25, 0.3) is 5.91 Å². The number of aromatic nitrogens is 2. The van der Waals surface area contributed by atoms with Crippen LogP contribution in [0.25, 0.3) is 21.6 Å². The van der Waals surface area contributed by atoms with E-state index in [0.29, 0.717) is 35.2 Å². The number of hydrogen-bond acceptors (Lipinski definition) is 5. The zero-order valence-electron chi connectivity index (χ0n) is 13.7. The second kappa shape index (κ2) is 6.71. The van der Waals surface area contributed by atoms with Gasteiger partial charge in [-0.1, -0.05) is 17.7 Å². The molecule has 2 aromatic heterocycles. The van der Waals surface area contributed by atoms with E-state index in [1.165, 1.54) is 11.3 Å². The Balaban J connectivity index is 1.72. The van der Waals surface area contributed by atoms with Gasteiger partial charge in [0.05, 0.1) is 10.5 Å². The van der Waals surface area contributed by atoms with Gasteiger partial charge in [0.15, 0.2) is 0 Å². The summed E-state index contributed by atoms with van der Waals surface area (Å²) in [6.45, 7) is 4.33. The fraction of sp³-hybridized carbons (Fsp3) is 0.278. The molecule has 4 rings (SSSR count). The molecule has 0 unspecified atom stereocenters. The van der Waals surface area contributed by atoms with Crippen LogP contribution < -0.4 is 5.32 Å². The van der Waals surface area contributed by atoms with Crippen molar-refractivity contribution in [2.75, 3.05) is 19.6 Å². The van der Waals surface area contributed by atoms with Gasteiger partial charge in [0.1, 0.15) is 10.7 Å². The Bertz CT molecular complexity index is 928. The smallest absolute Gasteiger partial charge is 0.254 e. The van der Waals surface area contributed by atoms with E-state index in [9.17, 15) is 4.79 Å². The molecule has 25 heavy (non-hydrogen) atoms. The Labute approximate surface area is 154 Å². The van der Waals surface area contributed by atoms with E-state index in [1.807, 2.05) is 34.5 Å². The van der Waals surface area contributed by atoms with Crippen LogP contribution in [0.15, 0.2) is 35.8 Å². The molecule has 1 aliphatic heterocycles. The van der Waals surface area contributed by atoms with Crippen LogP contribution in [0.4, 0.5) is 0 Å². The Morgan fingerprint density at radius 1 is 1.40 bits per heavy atom. The molecule has 5 nitrogen and oxygen atoms in total. The summed E-state index contributed by atoms with van der Waals surface area (Å²) in [4.78, 5) is 23.6. The Kier molecular flexibility index (Phi) is 4.41. The first-order valence-corrected chi connectivity index (χ1v) is 9.40. The van der Waals surface area contributed by atoms with E-state index in [4.69, 9.17) is 11.6 Å². The van der Waals surface area contributed by atoms with E-state index in [0.717, 1.165) is 22.6 Å². The largest absolute Gasteiger partial charge is 0.336 e. The standard InChI is InChI=1S/C18H17ClN4OS/c1-11-10-23(6-4-20-11)18(24)12-2-3-13-14(19)9-16(22-15(13)8-12)17-21-5-7-25-17/h2-3,5,7-9,11,20H,4,6,10H2,1H3/t11-/m1/s1. The first-order chi connectivity index (χ1) is 12.1. The van der Waals surface area contributed by atoms with Gasteiger partial charge in [0.2, 0.25) is 0 Å². The van der Waals surface area contributed by atoms with Gasteiger partial charge in [-0.25, -0.2) is 9.97 Å². The third-order valence-corrected chi connectivity index (χ3v) is 5.42. The van der Waals surface area contributed by atoms with Gasteiger partial charge in [-0.05, 0) is 25.1 Å². The number of fused-ring (bicyclic) bond motifs is 1. The van der Waals surface area contributed by atoms with Gasteiger partial charge in [-0.2, -0.15) is 0 Å². The molecule has 128 valence electrons. The highest BCUT2D eigenvalue weighted by atomic mass is 35.5. The van der Waals surface area contributed by atoms with E-state index < -0.39 is 0 Å². The zero-order valence-corrected chi connectivity index (χ0v) is 15.3. The molecule has 1 amide bonds. The second-order valence-electron chi connectivity index (χ2n) is 6.16. The molecule has 1 N–H and O–H groups in total. The van der Waals surface area contributed by atoms with Crippen LogP contribution in [-0.2, 0) is 0 Å². The fourth-order valence-corrected chi connectivity index (χ4v) is 3.94. The van der Waals surface area contributed by atoms with Gasteiger partial charge in [0, 0.05) is 48.2 Å². The summed E-state index contributed by atoms with van der Waals surface area (Å²) < 4.78 is 0. The highest BCUT2D eigenvalue weighted by Gasteiger charge is 2.22. The van der Waals surface area contributed by atoms with Crippen LogP contribution >= 0.6 is 22.9 Å². The molecule has 0 aliphatic carbocycles. The number of carbonyl (C=O) groups excluding carboxylic acids is 1. The van der Waals surface area contributed by atoms with Crippen molar-refractivity contribution in [2.45, 2.75) is 13.0 Å². The number of hydrogen-bond donors (Lipinski definition) is 1. The van der Waals surface area contributed by atoms with Crippen LogP contribution in [0, 0.1) is 0 Å². The maximum atomic E-state index is 12.8. The maximum absolute atomic E-state index is 12.8. The highest BCUT2D eigenvalue weighted by Crippen LogP contribution is 2.29. The molecule has 1 aromatic carbocycles. The first kappa shape index (κ1) is 16.4. The summed E-state index contributed by atoms with van der Waals surface area (Å²) in [5.74, 6) is 0.0350. The van der Waals surface area contributed by atoms with E-state index >= 15 is 0 Å². The lowest BCUT2D eigenvalue weighted by Gasteiger charge is -2.32. The Hall–Kier alpha value is -2.02. The number of nitrogens with one attached hydrogen (secondary N) is 1. The van der Waals surface area contributed by atoms with Gasteiger partial charge in [-0.15, -0.1) is 11.3 Å². The van der Waals surface area contributed by atoms with Crippen molar-refractivity contribution in [1.82, 2.24) is 20.2 Å². The Morgan fingerprint density at radius 3 is 3.04 bits per heavy atom. The van der Waals surface area contributed by atoms with Gasteiger partial charge in [-0.3, -0.25) is 4.79 Å². The predicted molar refractivity (Wildman–Crippen MR) is 101 cm³/mol. The molecular weight excluding hydrogens is 356 g/mol. The van der Waals surface area contributed by atoms with Crippen LogP contribution in [0.3, 0.4) is 0 Å². The highest BCUT2D eigenvalue weighted by molar-refractivity contribution is 7.13. The monoisotopic (exact) mass is 372 g/mol. The molecule has 0 spiro atoms. The molecule has 0 radical (unpaired) electrons. The number of piperazine rings is 1. The minimum Gasteiger partial charge on any atom is -0.336 e. The average Bonchev–Trinajstić information content (AvgIpc) is 3.15. The van der Waals surface area contributed by atoms with Crippen molar-refractivity contribution in [3.05, 3.63) is 46.4 Å². The number of benzene rings is 1. The number of thiazole rings is 1. The average molecular weight is 373 g/mol. The lowest BCUT2D eigenvalue weighted by atomic mass is 10.1. The fourth-order valence-electron chi connectivity index (χ4n) is 3.08. The van der Waals surface area contributed by atoms with E-state index in [1.54, 1.807) is 6.20 Å². The molecule has 1 fully saturated rings. The van der Waals surface area contributed by atoms with Crippen molar-refractivity contribution < 1.29 is 4.79 Å². The summed E-state index contributed by atoms with van der Waals surface area (Å²) in [6.07, 6.45) is 1.74. The molecule has 3 heterocycles. The second-order valence-corrected chi connectivity index (χ2v) is 7.47. The van der Waals surface area contributed by atoms with Gasteiger partial charge < -0.3 is 10.2 Å². The number of rotatable bonds is 2. The van der Waals surface area contributed by atoms with Crippen molar-refractivity contribution in [1.29, 1.82) is 0 Å². The summed E-state index contributed by atoms with van der Waals surface area (Å²) in [5.41, 5.74) is 2.08. The summed E-state index contributed by atoms with van der Waals surface area (Å²) >= 11 is 7.92. The van der Waals surface area contributed by atoms with Crippen molar-refractivity contribution >= 4 is 39.7 Å². The number of amides is 1. The predicted octanol–water partition coefficient (Wildman–Crippen LogP) is 3.45. The molecule has 3 aromatic rings. The van der Waals surface area contributed by atoms with Crippen molar-refractivity contribution in [3.63, 3.8) is 0 Å². The molecule has 0 bridgehead atoms. The van der Waals surface area contributed by atoms with E-state index in [2.05, 4.69) is 22.2 Å². The SMILES string of the molecule is C[C@@H]1CN(C(=O)c2ccc3c(Cl)cc(-c4nccs4)nc3c2)CCN1. The quantitative estimate of drug-likeness (QED) is 0.748. The molecular formula is C18H17ClN4OS. The summed E-state index contributed by atoms with van der Waals surface area (Å²) in [6, 6.07) is 7.65. The zero-order chi connectivity index (χ0) is 17.4. The normalized spacial score (nSPS) is 17.8.